The molecule has 1 heterocycles. The van der Waals surface area contributed by atoms with E-state index in [4.69, 9.17) is 10.5 Å². The lowest BCUT2D eigenvalue weighted by Crippen LogP contribution is -2.41. The number of hydrogen-bond acceptors (Lipinski definition) is 3. The summed E-state index contributed by atoms with van der Waals surface area (Å²) in [6.45, 7) is 5.67. The Kier molecular flexibility index (Phi) is 5.92. The Morgan fingerprint density at radius 2 is 2.24 bits per heavy atom. The second kappa shape index (κ2) is 6.97. The molecule has 0 aromatic rings. The van der Waals surface area contributed by atoms with Gasteiger partial charge < -0.3 is 15.4 Å². The molecule has 4 heteroatoms. The number of rotatable bonds is 6. The third-order valence-electron chi connectivity index (χ3n) is 3.74. The highest BCUT2D eigenvalue weighted by atomic mass is 16.5. The second-order valence-electron chi connectivity index (χ2n) is 5.16. The predicted octanol–water partition coefficient (Wildman–Crippen LogP) is 1.39. The summed E-state index contributed by atoms with van der Waals surface area (Å²) in [6, 6.07) is 0.257. The van der Waals surface area contributed by atoms with E-state index < -0.39 is 0 Å². The van der Waals surface area contributed by atoms with E-state index in [9.17, 15) is 4.79 Å². The largest absolute Gasteiger partial charge is 0.376 e. The molecule has 100 valence electrons. The van der Waals surface area contributed by atoms with Gasteiger partial charge in [-0.1, -0.05) is 6.92 Å². The lowest BCUT2D eigenvalue weighted by molar-refractivity contribution is -0.133. The minimum atomic E-state index is 0.172. The topological polar surface area (TPSA) is 55.6 Å². The fourth-order valence-electron chi connectivity index (χ4n) is 2.39. The number of carbonyl (C=O) groups excluding carboxylic acids is 1. The number of nitrogens with zero attached hydrogens (tertiary/aromatic N) is 1. The zero-order chi connectivity index (χ0) is 12.8. The number of amides is 1. The molecule has 1 aliphatic heterocycles. The molecule has 0 spiro atoms. The van der Waals surface area contributed by atoms with E-state index >= 15 is 0 Å². The molecule has 0 saturated carbocycles. The minimum Gasteiger partial charge on any atom is -0.376 e. The molecule has 17 heavy (non-hydrogen) atoms. The SMILES string of the molecule is CC(CCN)CCC(=O)N(C)C1CCOC1C. The molecule has 2 N–H and O–H groups in total. The summed E-state index contributed by atoms with van der Waals surface area (Å²) in [5.74, 6) is 0.769. The summed E-state index contributed by atoms with van der Waals surface area (Å²) >= 11 is 0. The highest BCUT2D eigenvalue weighted by molar-refractivity contribution is 5.76. The number of ether oxygens (including phenoxy) is 1. The molecule has 3 atom stereocenters. The monoisotopic (exact) mass is 242 g/mol. The number of hydrogen-bond donors (Lipinski definition) is 1. The number of nitrogens with two attached hydrogens (primary N) is 1. The van der Waals surface area contributed by atoms with Gasteiger partial charge >= 0.3 is 0 Å². The van der Waals surface area contributed by atoms with Crippen LogP contribution in [0, 0.1) is 5.92 Å². The molecular weight excluding hydrogens is 216 g/mol. The zero-order valence-electron chi connectivity index (χ0n) is 11.3. The maximum absolute atomic E-state index is 12.0. The Bertz CT molecular complexity index is 246. The number of likely N-dealkylation sites (N-methyl/N-ethyl adjacent to an activating group) is 1. The van der Waals surface area contributed by atoms with Crippen molar-refractivity contribution in [1.82, 2.24) is 4.90 Å². The summed E-state index contributed by atoms with van der Waals surface area (Å²) in [6.07, 6.45) is 3.69. The van der Waals surface area contributed by atoms with Crippen LogP contribution in [-0.2, 0) is 9.53 Å². The first kappa shape index (κ1) is 14.5. The van der Waals surface area contributed by atoms with Crippen molar-refractivity contribution in [2.24, 2.45) is 11.7 Å². The van der Waals surface area contributed by atoms with Crippen LogP contribution >= 0.6 is 0 Å². The van der Waals surface area contributed by atoms with Gasteiger partial charge in [-0.15, -0.1) is 0 Å². The summed E-state index contributed by atoms with van der Waals surface area (Å²) < 4.78 is 5.49. The molecule has 0 aliphatic carbocycles. The van der Waals surface area contributed by atoms with Crippen LogP contribution < -0.4 is 5.73 Å². The molecule has 1 amide bonds. The molecule has 0 bridgehead atoms. The second-order valence-corrected chi connectivity index (χ2v) is 5.16. The standard InChI is InChI=1S/C13H26N2O2/c1-10(6-8-14)4-5-13(16)15(3)12-7-9-17-11(12)2/h10-12H,4-9,14H2,1-3H3. The highest BCUT2D eigenvalue weighted by Crippen LogP contribution is 2.20. The van der Waals surface area contributed by atoms with Gasteiger partial charge in [0.1, 0.15) is 0 Å². The van der Waals surface area contributed by atoms with E-state index in [0.29, 0.717) is 18.9 Å². The van der Waals surface area contributed by atoms with Gasteiger partial charge in [0.25, 0.3) is 0 Å². The highest BCUT2D eigenvalue weighted by Gasteiger charge is 2.30. The summed E-state index contributed by atoms with van der Waals surface area (Å²) in [4.78, 5) is 13.9. The first-order valence-corrected chi connectivity index (χ1v) is 6.63. The molecule has 0 aromatic carbocycles. The molecule has 4 nitrogen and oxygen atoms in total. The van der Waals surface area contributed by atoms with Crippen molar-refractivity contribution < 1.29 is 9.53 Å². The van der Waals surface area contributed by atoms with E-state index in [1.165, 1.54) is 0 Å². The first-order valence-electron chi connectivity index (χ1n) is 6.63. The first-order chi connectivity index (χ1) is 8.06. The average Bonchev–Trinajstić information content (AvgIpc) is 2.71. The van der Waals surface area contributed by atoms with Crippen molar-refractivity contribution in [3.8, 4) is 0 Å². The Balaban J connectivity index is 2.31. The van der Waals surface area contributed by atoms with Gasteiger partial charge in [0, 0.05) is 20.1 Å². The van der Waals surface area contributed by atoms with Crippen LogP contribution in [0.5, 0.6) is 0 Å². The molecule has 1 saturated heterocycles. The third-order valence-corrected chi connectivity index (χ3v) is 3.74. The smallest absolute Gasteiger partial charge is 0.222 e. The molecule has 1 rings (SSSR count). The van der Waals surface area contributed by atoms with Crippen molar-refractivity contribution in [2.75, 3.05) is 20.2 Å². The Morgan fingerprint density at radius 1 is 1.53 bits per heavy atom. The van der Waals surface area contributed by atoms with E-state index in [1.54, 1.807) is 0 Å². The fourth-order valence-corrected chi connectivity index (χ4v) is 2.39. The summed E-state index contributed by atoms with van der Waals surface area (Å²) in [5.41, 5.74) is 5.50. The van der Waals surface area contributed by atoms with Crippen LogP contribution in [0.4, 0.5) is 0 Å². The van der Waals surface area contributed by atoms with Crippen molar-refractivity contribution >= 4 is 5.91 Å². The van der Waals surface area contributed by atoms with Crippen molar-refractivity contribution in [1.29, 1.82) is 0 Å². The molecule has 3 unspecified atom stereocenters. The Hall–Kier alpha value is -0.610. The van der Waals surface area contributed by atoms with Crippen molar-refractivity contribution in [2.45, 2.75) is 51.7 Å². The van der Waals surface area contributed by atoms with Gasteiger partial charge in [0.15, 0.2) is 0 Å². The van der Waals surface area contributed by atoms with E-state index in [0.717, 1.165) is 25.9 Å². The predicted molar refractivity (Wildman–Crippen MR) is 68.7 cm³/mol. The van der Waals surface area contributed by atoms with Crippen LogP contribution in [0.15, 0.2) is 0 Å². The van der Waals surface area contributed by atoms with Crippen molar-refractivity contribution in [3.05, 3.63) is 0 Å². The Labute approximate surface area is 104 Å². The lowest BCUT2D eigenvalue weighted by Gasteiger charge is -2.27. The van der Waals surface area contributed by atoms with Gasteiger partial charge in [-0.2, -0.15) is 0 Å². The maximum Gasteiger partial charge on any atom is 0.222 e. The lowest BCUT2D eigenvalue weighted by atomic mass is 10.0. The maximum atomic E-state index is 12.0. The van der Waals surface area contributed by atoms with Crippen LogP contribution in [0.1, 0.15) is 39.5 Å². The molecule has 1 fully saturated rings. The van der Waals surface area contributed by atoms with Gasteiger partial charge in [0.2, 0.25) is 5.91 Å². The van der Waals surface area contributed by atoms with E-state index in [-0.39, 0.29) is 18.1 Å². The third kappa shape index (κ3) is 4.28. The van der Waals surface area contributed by atoms with Crippen LogP contribution in [0.2, 0.25) is 0 Å². The zero-order valence-corrected chi connectivity index (χ0v) is 11.3. The summed E-state index contributed by atoms with van der Waals surface area (Å²) in [5, 5.41) is 0. The Morgan fingerprint density at radius 3 is 2.76 bits per heavy atom. The van der Waals surface area contributed by atoms with Crippen molar-refractivity contribution in [3.63, 3.8) is 0 Å². The average molecular weight is 242 g/mol. The molecule has 0 aromatic heterocycles. The molecule has 0 radical (unpaired) electrons. The normalized spacial score (nSPS) is 25.9. The van der Waals surface area contributed by atoms with Gasteiger partial charge in [-0.25, -0.2) is 0 Å². The molecular formula is C13H26N2O2. The van der Waals surface area contributed by atoms with E-state index in [2.05, 4.69) is 6.92 Å². The van der Waals surface area contributed by atoms with Gasteiger partial charge in [0.05, 0.1) is 12.1 Å². The molecule has 1 aliphatic rings. The fraction of sp³-hybridized carbons (Fsp3) is 0.923. The van der Waals surface area contributed by atoms with Gasteiger partial charge in [-0.3, -0.25) is 4.79 Å². The van der Waals surface area contributed by atoms with Gasteiger partial charge in [-0.05, 0) is 38.6 Å². The van der Waals surface area contributed by atoms with Crippen LogP contribution in [0.3, 0.4) is 0 Å². The minimum absolute atomic E-state index is 0.172. The quantitative estimate of drug-likeness (QED) is 0.765. The van der Waals surface area contributed by atoms with Crippen LogP contribution in [-0.4, -0.2) is 43.2 Å². The summed E-state index contributed by atoms with van der Waals surface area (Å²) in [7, 11) is 1.89. The van der Waals surface area contributed by atoms with Crippen LogP contribution in [0.25, 0.3) is 0 Å². The van der Waals surface area contributed by atoms with E-state index in [1.807, 2.05) is 18.9 Å². The number of carbonyl (C=O) groups is 1.